The molecule has 3 aromatic rings. The number of hydrogen-bond acceptors (Lipinski definition) is 5. The lowest BCUT2D eigenvalue weighted by Gasteiger charge is -2.35. The molecule has 132 valence electrons. The van der Waals surface area contributed by atoms with Crippen LogP contribution in [0.25, 0.3) is 0 Å². The van der Waals surface area contributed by atoms with Gasteiger partial charge in [-0.05, 0) is 51.6 Å². The summed E-state index contributed by atoms with van der Waals surface area (Å²) in [6.07, 6.45) is 0. The van der Waals surface area contributed by atoms with Crippen LogP contribution in [0.5, 0.6) is 5.75 Å². The zero-order chi connectivity index (χ0) is 17.9. The number of nitrogens with zero attached hydrogens (tertiary/aromatic N) is 3. The van der Waals surface area contributed by atoms with Crippen molar-refractivity contribution in [2.24, 2.45) is 5.10 Å². The highest BCUT2D eigenvalue weighted by Gasteiger charge is 2.24. The molecule has 4 nitrogen and oxygen atoms in total. The van der Waals surface area contributed by atoms with E-state index < -0.39 is 0 Å². The summed E-state index contributed by atoms with van der Waals surface area (Å²) < 4.78 is 6.59. The zero-order valence-electron chi connectivity index (χ0n) is 14.3. The highest BCUT2D eigenvalue weighted by molar-refractivity contribution is 9.10. The number of hydrazone groups is 1. The van der Waals surface area contributed by atoms with Crippen molar-refractivity contribution in [3.8, 4) is 5.75 Å². The van der Waals surface area contributed by atoms with Crippen molar-refractivity contribution in [3.05, 3.63) is 75.4 Å². The van der Waals surface area contributed by atoms with Crippen LogP contribution in [0.2, 0.25) is 0 Å². The van der Waals surface area contributed by atoms with Gasteiger partial charge < -0.3 is 9.64 Å². The first kappa shape index (κ1) is 17.1. The van der Waals surface area contributed by atoms with Crippen molar-refractivity contribution < 1.29 is 4.74 Å². The van der Waals surface area contributed by atoms with Crippen molar-refractivity contribution >= 4 is 44.4 Å². The van der Waals surface area contributed by atoms with E-state index in [2.05, 4.69) is 49.8 Å². The number of rotatable bonds is 4. The number of thiophene rings is 1. The molecule has 0 spiro atoms. The van der Waals surface area contributed by atoms with Gasteiger partial charge in [-0.3, -0.25) is 0 Å². The van der Waals surface area contributed by atoms with E-state index in [4.69, 9.17) is 9.84 Å². The quantitative estimate of drug-likeness (QED) is 0.571. The molecule has 0 radical (unpaired) electrons. The first-order valence-corrected chi connectivity index (χ1v) is 10.00. The van der Waals surface area contributed by atoms with Gasteiger partial charge in [-0.1, -0.05) is 24.3 Å². The molecular weight excluding hydrogens is 410 g/mol. The predicted octanol–water partition coefficient (Wildman–Crippen LogP) is 5.21. The Labute approximate surface area is 165 Å². The molecule has 0 unspecified atom stereocenters. The van der Waals surface area contributed by atoms with E-state index in [-0.39, 0.29) is 0 Å². The lowest BCUT2D eigenvalue weighted by molar-refractivity contribution is 0.414. The van der Waals surface area contributed by atoms with Crippen molar-refractivity contribution in [1.82, 2.24) is 0 Å². The summed E-state index contributed by atoms with van der Waals surface area (Å²) in [5, 5.41) is 11.3. The van der Waals surface area contributed by atoms with E-state index in [1.54, 1.807) is 18.4 Å². The van der Waals surface area contributed by atoms with Gasteiger partial charge in [0.1, 0.15) is 12.4 Å². The third kappa shape index (κ3) is 3.34. The summed E-state index contributed by atoms with van der Waals surface area (Å²) >= 11 is 5.36. The Kier molecular flexibility index (Phi) is 4.95. The molecule has 6 heteroatoms. The van der Waals surface area contributed by atoms with E-state index in [0.717, 1.165) is 33.7 Å². The van der Waals surface area contributed by atoms with Crippen LogP contribution < -0.4 is 14.6 Å². The third-order valence-corrected chi connectivity index (χ3v) is 5.65. The second-order valence-electron chi connectivity index (χ2n) is 5.92. The highest BCUT2D eigenvalue weighted by Crippen LogP contribution is 2.31. The molecular formula is C20H18BrN3OS. The summed E-state index contributed by atoms with van der Waals surface area (Å²) in [5.41, 5.74) is 4.25. The number of anilines is 2. The van der Waals surface area contributed by atoms with Crippen molar-refractivity contribution in [3.63, 3.8) is 0 Å². The molecule has 26 heavy (non-hydrogen) atoms. The van der Waals surface area contributed by atoms with Gasteiger partial charge in [0, 0.05) is 21.1 Å². The van der Waals surface area contributed by atoms with Gasteiger partial charge in [-0.2, -0.15) is 16.4 Å². The Morgan fingerprint density at radius 1 is 1.08 bits per heavy atom. The number of benzene rings is 2. The van der Waals surface area contributed by atoms with Gasteiger partial charge in [0.05, 0.1) is 25.1 Å². The monoisotopic (exact) mass is 427 g/mol. The Bertz CT molecular complexity index is 926. The minimum Gasteiger partial charge on any atom is -0.496 e. The summed E-state index contributed by atoms with van der Waals surface area (Å²) in [6.45, 7) is 1.43. The number of halogens is 1. The second kappa shape index (κ2) is 7.51. The number of ether oxygens (including phenoxy) is 1. The van der Waals surface area contributed by atoms with E-state index in [9.17, 15) is 0 Å². The fourth-order valence-electron chi connectivity index (χ4n) is 3.02. The second-order valence-corrected chi connectivity index (χ2v) is 7.55. The summed E-state index contributed by atoms with van der Waals surface area (Å²) in [7, 11) is 1.70. The third-order valence-electron chi connectivity index (χ3n) is 4.31. The van der Waals surface area contributed by atoms with E-state index in [1.165, 1.54) is 5.69 Å². The van der Waals surface area contributed by atoms with Gasteiger partial charge in [-0.15, -0.1) is 0 Å². The van der Waals surface area contributed by atoms with E-state index in [1.807, 2.05) is 41.4 Å². The Morgan fingerprint density at radius 3 is 2.65 bits per heavy atom. The van der Waals surface area contributed by atoms with Crippen molar-refractivity contribution in [2.75, 3.05) is 30.2 Å². The molecule has 0 amide bonds. The lowest BCUT2D eigenvalue weighted by atomic mass is 10.1. The SMILES string of the molecule is COc1ccccc1C1=NN(c2ccccc2Br)CN(c2ccsc2)C1. The van der Waals surface area contributed by atoms with Gasteiger partial charge in [0.15, 0.2) is 0 Å². The normalized spacial score (nSPS) is 14.3. The number of para-hydroxylation sites is 2. The fraction of sp³-hybridized carbons (Fsp3) is 0.150. The number of hydrogen-bond donors (Lipinski definition) is 0. The van der Waals surface area contributed by atoms with Crippen LogP contribution in [-0.2, 0) is 0 Å². The van der Waals surface area contributed by atoms with Gasteiger partial charge in [0.2, 0.25) is 0 Å². The van der Waals surface area contributed by atoms with Crippen LogP contribution in [0.4, 0.5) is 11.4 Å². The molecule has 1 aliphatic rings. The maximum atomic E-state index is 5.56. The largest absolute Gasteiger partial charge is 0.496 e. The summed E-state index contributed by atoms with van der Waals surface area (Å²) in [4.78, 5) is 2.32. The molecule has 0 bridgehead atoms. The van der Waals surface area contributed by atoms with Crippen LogP contribution in [0, 0.1) is 0 Å². The minimum atomic E-state index is 0.692. The number of methoxy groups -OCH3 is 1. The first-order chi connectivity index (χ1) is 12.8. The maximum absolute atomic E-state index is 5.56. The molecule has 1 aliphatic heterocycles. The van der Waals surface area contributed by atoms with E-state index >= 15 is 0 Å². The molecule has 0 N–H and O–H groups in total. The standard InChI is InChI=1S/C20H18BrN3OS/c1-25-20-9-5-2-6-16(20)18-12-23(15-10-11-26-13-15)14-24(22-18)19-8-4-3-7-17(19)21/h2-11,13H,12,14H2,1H3. The molecule has 2 aromatic carbocycles. The smallest absolute Gasteiger partial charge is 0.128 e. The molecule has 0 fully saturated rings. The van der Waals surface area contributed by atoms with Crippen molar-refractivity contribution in [2.45, 2.75) is 0 Å². The van der Waals surface area contributed by atoms with Gasteiger partial charge in [-0.25, -0.2) is 5.01 Å². The van der Waals surface area contributed by atoms with Gasteiger partial charge in [0.25, 0.3) is 0 Å². The fourth-order valence-corrected chi connectivity index (χ4v) is 4.18. The zero-order valence-corrected chi connectivity index (χ0v) is 16.7. The molecule has 0 saturated carbocycles. The van der Waals surface area contributed by atoms with Crippen LogP contribution in [0.1, 0.15) is 5.56 Å². The highest BCUT2D eigenvalue weighted by atomic mass is 79.9. The Balaban J connectivity index is 1.79. The van der Waals surface area contributed by atoms with Crippen LogP contribution in [0.3, 0.4) is 0 Å². The molecule has 1 aromatic heterocycles. The summed E-state index contributed by atoms with van der Waals surface area (Å²) in [6, 6.07) is 18.3. The Hall–Kier alpha value is -2.31. The van der Waals surface area contributed by atoms with E-state index in [0.29, 0.717) is 6.67 Å². The van der Waals surface area contributed by atoms with Crippen LogP contribution in [0.15, 0.2) is 74.9 Å². The van der Waals surface area contributed by atoms with Crippen molar-refractivity contribution in [1.29, 1.82) is 0 Å². The van der Waals surface area contributed by atoms with Gasteiger partial charge >= 0.3 is 0 Å². The Morgan fingerprint density at radius 2 is 1.88 bits per heavy atom. The first-order valence-electron chi connectivity index (χ1n) is 8.26. The predicted molar refractivity (Wildman–Crippen MR) is 113 cm³/mol. The average molecular weight is 428 g/mol. The maximum Gasteiger partial charge on any atom is 0.128 e. The molecule has 0 atom stereocenters. The van der Waals surface area contributed by atoms with Crippen LogP contribution >= 0.6 is 27.3 Å². The minimum absolute atomic E-state index is 0.692. The topological polar surface area (TPSA) is 28.1 Å². The molecule has 4 rings (SSSR count). The van der Waals surface area contributed by atoms with Crippen LogP contribution in [-0.4, -0.2) is 26.0 Å². The molecule has 0 aliphatic carbocycles. The average Bonchev–Trinajstić information content (AvgIpc) is 3.23. The molecule has 2 heterocycles. The summed E-state index contributed by atoms with van der Waals surface area (Å²) in [5.74, 6) is 0.838. The lowest BCUT2D eigenvalue weighted by Crippen LogP contribution is -2.44. The molecule has 0 saturated heterocycles.